The van der Waals surface area contributed by atoms with Gasteiger partial charge in [0, 0.05) is 25.7 Å². The molecule has 0 bridgehead atoms. The first-order valence-corrected chi connectivity index (χ1v) is 19.9. The third-order valence-electron chi connectivity index (χ3n) is 9.09. The minimum Gasteiger partial charge on any atom is -0.463 e. The summed E-state index contributed by atoms with van der Waals surface area (Å²) in [5, 5.41) is 61.1. The molecule has 1 unspecified atom stereocenters. The maximum absolute atomic E-state index is 13.3. The molecule has 0 aromatic heterocycles. The Kier molecular flexibility index (Phi) is 26.5. The van der Waals surface area contributed by atoms with Gasteiger partial charge in [0.1, 0.15) is 37.1 Å². The van der Waals surface area contributed by atoms with E-state index in [0.717, 1.165) is 57.8 Å². The molecule has 0 aromatic rings. The largest absolute Gasteiger partial charge is 0.463 e. The predicted molar refractivity (Wildman–Crippen MR) is 193 cm³/mol. The molecule has 0 saturated carbocycles. The summed E-state index contributed by atoms with van der Waals surface area (Å²) >= 11 is 0. The monoisotopic (exact) mass is 780 g/mol. The number of ether oxygens (including phenoxy) is 6. The number of carbonyl (C=O) groups excluding carboxylic acids is 4. The molecule has 1 saturated heterocycles. The van der Waals surface area contributed by atoms with E-state index in [1.54, 1.807) is 0 Å². The highest BCUT2D eigenvalue weighted by Gasteiger charge is 2.54. The number of esters is 4. The number of hydrogen-bond donors (Lipinski definition) is 6. The van der Waals surface area contributed by atoms with Gasteiger partial charge in [-0.05, 0) is 25.7 Å². The van der Waals surface area contributed by atoms with Crippen molar-refractivity contribution in [3.8, 4) is 0 Å². The normalized spacial score (nSPS) is 22.7. The average Bonchev–Trinajstić information content (AvgIpc) is 3.15. The van der Waals surface area contributed by atoms with Gasteiger partial charge in [0.05, 0.1) is 6.61 Å². The van der Waals surface area contributed by atoms with Crippen molar-refractivity contribution in [3.05, 3.63) is 0 Å². The third-order valence-corrected chi connectivity index (χ3v) is 9.09. The van der Waals surface area contributed by atoms with Crippen LogP contribution in [0.2, 0.25) is 0 Å². The molecule has 1 fully saturated rings. The van der Waals surface area contributed by atoms with Crippen molar-refractivity contribution in [2.24, 2.45) is 0 Å². The van der Waals surface area contributed by atoms with Gasteiger partial charge in [-0.3, -0.25) is 19.2 Å². The third kappa shape index (κ3) is 18.9. The van der Waals surface area contributed by atoms with Crippen LogP contribution in [0.15, 0.2) is 0 Å². The summed E-state index contributed by atoms with van der Waals surface area (Å²) in [4.78, 5) is 52.4. The van der Waals surface area contributed by atoms with Crippen LogP contribution in [0, 0.1) is 0 Å². The molecule has 1 heterocycles. The Morgan fingerprint density at radius 2 is 0.963 bits per heavy atom. The molecule has 16 nitrogen and oxygen atoms in total. The first kappa shape index (κ1) is 49.6. The molecule has 0 aromatic carbocycles. The molecule has 0 amide bonds. The molecule has 0 aliphatic carbocycles. The molecule has 1 aliphatic rings. The van der Waals surface area contributed by atoms with Crippen molar-refractivity contribution in [3.63, 3.8) is 0 Å². The fourth-order valence-corrected chi connectivity index (χ4v) is 5.76. The van der Waals surface area contributed by atoms with E-state index in [9.17, 15) is 49.8 Å². The van der Waals surface area contributed by atoms with Gasteiger partial charge in [-0.25, -0.2) is 0 Å². The van der Waals surface area contributed by atoms with Crippen LogP contribution >= 0.6 is 0 Å². The van der Waals surface area contributed by atoms with Crippen molar-refractivity contribution in [2.75, 3.05) is 13.2 Å². The second-order valence-corrected chi connectivity index (χ2v) is 13.9. The van der Waals surface area contributed by atoms with E-state index < -0.39 is 98.5 Å². The van der Waals surface area contributed by atoms with Crippen LogP contribution in [0.3, 0.4) is 0 Å². The molecule has 1 rings (SSSR count). The van der Waals surface area contributed by atoms with Crippen molar-refractivity contribution >= 4 is 23.9 Å². The first-order valence-electron chi connectivity index (χ1n) is 19.9. The maximum Gasteiger partial charge on any atom is 0.306 e. The SMILES string of the molecule is CCCCCCCC(=O)O[C@@H]1[C@H](OC(O)[C@@H](O)[C@@H](O)[C@H](O)[C@@H](O)CO)O[C@H](COC(=O)CCCCC)[C@@H](OC(=O)CCCCC)[C@@H]1OC(=O)CCCCC. The van der Waals surface area contributed by atoms with Crippen LogP contribution in [0.5, 0.6) is 0 Å². The summed E-state index contributed by atoms with van der Waals surface area (Å²) in [5.41, 5.74) is 0. The van der Waals surface area contributed by atoms with Gasteiger partial charge in [0.25, 0.3) is 0 Å². The zero-order chi connectivity index (χ0) is 40.5. The van der Waals surface area contributed by atoms with Crippen LogP contribution in [-0.4, -0.2) is 129 Å². The highest BCUT2D eigenvalue weighted by atomic mass is 16.8. The number of carbonyl (C=O) groups is 4. The predicted octanol–water partition coefficient (Wildman–Crippen LogP) is 2.86. The molecule has 316 valence electrons. The number of hydrogen-bond acceptors (Lipinski definition) is 16. The number of aliphatic hydroxyl groups excluding tert-OH is 6. The lowest BCUT2D eigenvalue weighted by atomic mass is 9.97. The van der Waals surface area contributed by atoms with Gasteiger partial charge in [0.15, 0.2) is 24.6 Å². The fourth-order valence-electron chi connectivity index (χ4n) is 5.76. The van der Waals surface area contributed by atoms with E-state index in [-0.39, 0.29) is 25.7 Å². The van der Waals surface area contributed by atoms with Crippen molar-refractivity contribution in [1.82, 2.24) is 0 Å². The van der Waals surface area contributed by atoms with Crippen molar-refractivity contribution < 1.29 is 78.2 Å². The second-order valence-electron chi connectivity index (χ2n) is 13.9. The summed E-state index contributed by atoms with van der Waals surface area (Å²) < 4.78 is 34.7. The fraction of sp³-hybridized carbons (Fsp3) is 0.895. The van der Waals surface area contributed by atoms with Crippen molar-refractivity contribution in [2.45, 2.75) is 205 Å². The topological polar surface area (TPSA) is 245 Å². The Morgan fingerprint density at radius 3 is 1.46 bits per heavy atom. The van der Waals surface area contributed by atoms with Crippen LogP contribution in [0.25, 0.3) is 0 Å². The van der Waals surface area contributed by atoms with E-state index in [0.29, 0.717) is 32.1 Å². The Balaban J connectivity index is 3.64. The Labute approximate surface area is 319 Å². The summed E-state index contributed by atoms with van der Waals surface area (Å²) in [6.45, 7) is 6.41. The smallest absolute Gasteiger partial charge is 0.306 e. The van der Waals surface area contributed by atoms with Gasteiger partial charge in [0.2, 0.25) is 6.29 Å². The molecular formula is C38H68O16. The summed E-state index contributed by atoms with van der Waals surface area (Å²) in [6.07, 6.45) is -8.86. The summed E-state index contributed by atoms with van der Waals surface area (Å²) in [5.74, 6) is -2.75. The van der Waals surface area contributed by atoms with E-state index in [4.69, 9.17) is 28.4 Å². The lowest BCUT2D eigenvalue weighted by Gasteiger charge is -2.45. The van der Waals surface area contributed by atoms with Crippen LogP contribution in [-0.2, 0) is 47.6 Å². The van der Waals surface area contributed by atoms with Crippen LogP contribution < -0.4 is 0 Å². The van der Waals surface area contributed by atoms with Crippen molar-refractivity contribution in [1.29, 1.82) is 0 Å². The quantitative estimate of drug-likeness (QED) is 0.0266. The molecule has 0 spiro atoms. The number of aliphatic hydroxyl groups is 6. The van der Waals surface area contributed by atoms with E-state index in [1.165, 1.54) is 0 Å². The molecule has 16 heteroatoms. The van der Waals surface area contributed by atoms with Gasteiger partial charge >= 0.3 is 23.9 Å². The average molecular weight is 781 g/mol. The Bertz CT molecular complexity index is 1040. The molecule has 0 radical (unpaired) electrons. The summed E-state index contributed by atoms with van der Waals surface area (Å²) in [6, 6.07) is 0. The highest BCUT2D eigenvalue weighted by molar-refractivity contribution is 5.72. The van der Waals surface area contributed by atoms with Gasteiger partial charge in [-0.1, -0.05) is 91.9 Å². The minimum absolute atomic E-state index is 0.00200. The number of rotatable bonds is 30. The lowest BCUT2D eigenvalue weighted by Crippen LogP contribution is -2.64. The second kappa shape index (κ2) is 28.9. The van der Waals surface area contributed by atoms with E-state index in [2.05, 4.69) is 6.92 Å². The molecule has 10 atom stereocenters. The van der Waals surface area contributed by atoms with Gasteiger partial charge < -0.3 is 59.1 Å². The standard InChI is InChI=1S/C38H68O16/c1-5-9-13-14-18-22-30(44)53-36-35(52-29(43)21-17-12-8-4)34(51-28(42)20-16-11-7-3)26(24-49-27(41)19-15-10-6-2)50-38(36)54-37(48)33(47)32(46)31(45)25(40)23-39/h25-26,31-40,45-48H,5-24H2,1-4H3/t25-,26+,31+,32-,33-,34+,35-,36-,37?,38-/m0/s1. The first-order chi connectivity index (χ1) is 25.8. The molecule has 1 aliphatic heterocycles. The highest BCUT2D eigenvalue weighted by Crippen LogP contribution is 2.32. The Hall–Kier alpha value is -2.44. The lowest BCUT2D eigenvalue weighted by molar-refractivity contribution is -0.349. The zero-order valence-electron chi connectivity index (χ0n) is 32.7. The summed E-state index contributed by atoms with van der Waals surface area (Å²) in [7, 11) is 0. The van der Waals surface area contributed by atoms with Gasteiger partial charge in [-0.2, -0.15) is 0 Å². The minimum atomic E-state index is -2.40. The van der Waals surface area contributed by atoms with Crippen LogP contribution in [0.1, 0.15) is 143 Å². The Morgan fingerprint density at radius 1 is 0.537 bits per heavy atom. The van der Waals surface area contributed by atoms with E-state index >= 15 is 0 Å². The molecule has 6 N–H and O–H groups in total. The number of unbranched alkanes of at least 4 members (excludes halogenated alkanes) is 10. The molecular weight excluding hydrogens is 712 g/mol. The molecule has 54 heavy (non-hydrogen) atoms. The maximum atomic E-state index is 13.3. The van der Waals surface area contributed by atoms with E-state index in [1.807, 2.05) is 20.8 Å². The van der Waals surface area contributed by atoms with Crippen LogP contribution in [0.4, 0.5) is 0 Å². The van der Waals surface area contributed by atoms with Gasteiger partial charge in [-0.15, -0.1) is 0 Å². The zero-order valence-corrected chi connectivity index (χ0v) is 32.7.